The van der Waals surface area contributed by atoms with Gasteiger partial charge in [0.15, 0.2) is 0 Å². The summed E-state index contributed by atoms with van der Waals surface area (Å²) in [6, 6.07) is 9.18. The number of nitrogens with one attached hydrogen (secondary N) is 1. The molecule has 21 heavy (non-hydrogen) atoms. The monoisotopic (exact) mass is 289 g/mol. The molecule has 1 aliphatic carbocycles. The Hall–Kier alpha value is -1.02. The summed E-state index contributed by atoms with van der Waals surface area (Å²) in [5.74, 6) is 1.01. The van der Waals surface area contributed by atoms with Gasteiger partial charge >= 0.3 is 0 Å². The number of ether oxygens (including phenoxy) is 1. The molecule has 0 aromatic heterocycles. The number of hydrogen-bond donors (Lipinski definition) is 1. The molecule has 1 aliphatic rings. The van der Waals surface area contributed by atoms with Crippen molar-refractivity contribution in [3.8, 4) is 5.75 Å². The van der Waals surface area contributed by atoms with Crippen LogP contribution in [0.25, 0.3) is 0 Å². The lowest BCUT2D eigenvalue weighted by Gasteiger charge is -2.32. The van der Waals surface area contributed by atoms with E-state index in [1.165, 1.54) is 37.7 Å². The van der Waals surface area contributed by atoms with Crippen LogP contribution in [0, 0.1) is 0 Å². The normalized spacial score (nSPS) is 23.0. The van der Waals surface area contributed by atoms with Gasteiger partial charge in [-0.15, -0.1) is 0 Å². The molecular formula is C19H31NO. The molecule has 0 radical (unpaired) electrons. The van der Waals surface area contributed by atoms with Gasteiger partial charge in [-0.25, -0.2) is 0 Å². The van der Waals surface area contributed by atoms with Crippen LogP contribution >= 0.6 is 0 Å². The van der Waals surface area contributed by atoms with E-state index in [0.29, 0.717) is 12.1 Å². The van der Waals surface area contributed by atoms with Gasteiger partial charge in [-0.05, 0) is 55.3 Å². The first-order chi connectivity index (χ1) is 10.0. The molecule has 0 aliphatic heterocycles. The Labute approximate surface area is 130 Å². The van der Waals surface area contributed by atoms with Crippen molar-refractivity contribution in [3.63, 3.8) is 0 Å². The van der Waals surface area contributed by atoms with Crippen LogP contribution in [0.5, 0.6) is 5.75 Å². The van der Waals surface area contributed by atoms with Gasteiger partial charge < -0.3 is 10.1 Å². The van der Waals surface area contributed by atoms with E-state index in [0.717, 1.165) is 12.3 Å². The molecule has 1 aromatic carbocycles. The minimum atomic E-state index is 0.203. The molecule has 0 amide bonds. The first-order valence-corrected chi connectivity index (χ1v) is 8.51. The van der Waals surface area contributed by atoms with Crippen molar-refractivity contribution in [2.24, 2.45) is 0 Å². The highest BCUT2D eigenvalue weighted by Crippen LogP contribution is 2.27. The Morgan fingerprint density at radius 2 is 1.76 bits per heavy atom. The van der Waals surface area contributed by atoms with Gasteiger partial charge in [0.05, 0.1) is 0 Å². The maximum absolute atomic E-state index is 6.27. The summed E-state index contributed by atoms with van der Waals surface area (Å²) >= 11 is 0. The van der Waals surface area contributed by atoms with Crippen molar-refractivity contribution in [2.45, 2.75) is 77.4 Å². The largest absolute Gasteiger partial charge is 0.489 e. The van der Waals surface area contributed by atoms with Crippen molar-refractivity contribution < 1.29 is 4.74 Å². The van der Waals surface area contributed by atoms with Crippen LogP contribution in [0.3, 0.4) is 0 Å². The topological polar surface area (TPSA) is 21.3 Å². The summed E-state index contributed by atoms with van der Waals surface area (Å²) in [6.07, 6.45) is 6.53. The van der Waals surface area contributed by atoms with E-state index < -0.39 is 0 Å². The molecule has 0 spiro atoms. The van der Waals surface area contributed by atoms with Crippen molar-refractivity contribution in [1.82, 2.24) is 5.32 Å². The minimum Gasteiger partial charge on any atom is -0.489 e. The van der Waals surface area contributed by atoms with E-state index in [1.54, 1.807) is 0 Å². The highest BCUT2D eigenvalue weighted by Gasteiger charge is 2.26. The quantitative estimate of drug-likeness (QED) is 0.850. The van der Waals surface area contributed by atoms with Crippen molar-refractivity contribution in [1.29, 1.82) is 0 Å². The molecule has 0 heterocycles. The van der Waals surface area contributed by atoms with E-state index in [9.17, 15) is 0 Å². The standard InChI is InChI=1S/C19H31NO/c1-5-14-20-17-8-6-7-9-18(17)21-16-12-10-15(11-13-16)19(2,3)4/h10-13,17-18,20H,5-9,14H2,1-4H3. The average molecular weight is 289 g/mol. The third kappa shape index (κ3) is 4.74. The second kappa shape index (κ2) is 7.31. The third-order valence-corrected chi connectivity index (χ3v) is 4.37. The van der Waals surface area contributed by atoms with Crippen LogP contribution in [0.15, 0.2) is 24.3 Å². The van der Waals surface area contributed by atoms with Gasteiger partial charge in [-0.1, -0.05) is 46.2 Å². The highest BCUT2D eigenvalue weighted by atomic mass is 16.5. The lowest BCUT2D eigenvalue weighted by Crippen LogP contribution is -2.45. The molecule has 1 saturated carbocycles. The number of hydrogen-bond acceptors (Lipinski definition) is 2. The zero-order valence-corrected chi connectivity index (χ0v) is 14.1. The highest BCUT2D eigenvalue weighted by molar-refractivity contribution is 5.31. The second-order valence-corrected chi connectivity index (χ2v) is 7.28. The maximum Gasteiger partial charge on any atom is 0.119 e. The Bertz CT molecular complexity index is 418. The van der Waals surface area contributed by atoms with Crippen LogP contribution in [-0.2, 0) is 5.41 Å². The Kier molecular flexibility index (Phi) is 5.69. The zero-order chi connectivity index (χ0) is 15.3. The fourth-order valence-corrected chi connectivity index (χ4v) is 3.01. The van der Waals surface area contributed by atoms with E-state index >= 15 is 0 Å². The Morgan fingerprint density at radius 3 is 2.38 bits per heavy atom. The average Bonchev–Trinajstić information content (AvgIpc) is 2.46. The van der Waals surface area contributed by atoms with Gasteiger partial charge in [0.1, 0.15) is 11.9 Å². The van der Waals surface area contributed by atoms with Crippen molar-refractivity contribution in [3.05, 3.63) is 29.8 Å². The number of benzene rings is 1. The van der Waals surface area contributed by atoms with E-state index in [4.69, 9.17) is 4.74 Å². The van der Waals surface area contributed by atoms with Gasteiger partial charge in [0.25, 0.3) is 0 Å². The van der Waals surface area contributed by atoms with Crippen molar-refractivity contribution in [2.75, 3.05) is 6.54 Å². The number of rotatable bonds is 5. The van der Waals surface area contributed by atoms with E-state index in [-0.39, 0.29) is 5.41 Å². The third-order valence-electron chi connectivity index (χ3n) is 4.37. The van der Waals surface area contributed by atoms with Gasteiger partial charge in [-0.2, -0.15) is 0 Å². The van der Waals surface area contributed by atoms with Crippen LogP contribution in [-0.4, -0.2) is 18.7 Å². The Morgan fingerprint density at radius 1 is 1.10 bits per heavy atom. The SMILES string of the molecule is CCCNC1CCCCC1Oc1ccc(C(C)(C)C)cc1. The van der Waals surface area contributed by atoms with Gasteiger partial charge in [0, 0.05) is 6.04 Å². The minimum absolute atomic E-state index is 0.203. The molecule has 2 heteroatoms. The zero-order valence-electron chi connectivity index (χ0n) is 14.1. The van der Waals surface area contributed by atoms with Gasteiger partial charge in [0.2, 0.25) is 0 Å². The molecule has 2 unspecified atom stereocenters. The maximum atomic E-state index is 6.27. The first-order valence-electron chi connectivity index (χ1n) is 8.51. The molecule has 1 aromatic rings. The molecule has 0 bridgehead atoms. The van der Waals surface area contributed by atoms with Crippen LogP contribution in [0.2, 0.25) is 0 Å². The van der Waals surface area contributed by atoms with Gasteiger partial charge in [-0.3, -0.25) is 0 Å². The smallest absolute Gasteiger partial charge is 0.119 e. The fraction of sp³-hybridized carbons (Fsp3) is 0.684. The van der Waals surface area contributed by atoms with Crippen molar-refractivity contribution >= 4 is 0 Å². The lowest BCUT2D eigenvalue weighted by atomic mass is 9.87. The van der Waals surface area contributed by atoms with E-state index in [2.05, 4.69) is 57.3 Å². The summed E-state index contributed by atoms with van der Waals surface area (Å²) in [4.78, 5) is 0. The molecule has 0 saturated heterocycles. The van der Waals surface area contributed by atoms with Crippen LogP contribution < -0.4 is 10.1 Å². The Balaban J connectivity index is 1.98. The summed E-state index contributed by atoms with van der Waals surface area (Å²) < 4.78 is 6.27. The van der Waals surface area contributed by atoms with Crippen LogP contribution in [0.4, 0.5) is 0 Å². The predicted molar refractivity (Wildman–Crippen MR) is 90.1 cm³/mol. The molecule has 2 rings (SSSR count). The second-order valence-electron chi connectivity index (χ2n) is 7.28. The molecule has 118 valence electrons. The molecule has 2 atom stereocenters. The lowest BCUT2D eigenvalue weighted by molar-refractivity contribution is 0.114. The summed E-state index contributed by atoms with van der Waals surface area (Å²) in [7, 11) is 0. The molecular weight excluding hydrogens is 258 g/mol. The van der Waals surface area contributed by atoms with E-state index in [1.807, 2.05) is 0 Å². The first kappa shape index (κ1) is 16.4. The predicted octanol–water partition coefficient (Wildman–Crippen LogP) is 4.67. The molecule has 1 N–H and O–H groups in total. The summed E-state index contributed by atoms with van der Waals surface area (Å²) in [5.41, 5.74) is 1.56. The molecule has 1 fully saturated rings. The molecule has 2 nitrogen and oxygen atoms in total. The summed E-state index contributed by atoms with van der Waals surface area (Å²) in [5, 5.41) is 3.65. The van der Waals surface area contributed by atoms with Crippen LogP contribution in [0.1, 0.15) is 65.4 Å². The summed E-state index contributed by atoms with van der Waals surface area (Å²) in [6.45, 7) is 10.0. The fourth-order valence-electron chi connectivity index (χ4n) is 3.01.